The minimum atomic E-state index is 0.00383. The molecule has 0 saturated carbocycles. The normalized spacial score (nSPS) is 11.4. The SMILES string of the molecule is CCn1c(SCc2nc3ccc(Br)cc3[nH]2)nc2ccccc2c1=O. The van der Waals surface area contributed by atoms with Gasteiger partial charge in [0.15, 0.2) is 5.16 Å². The topological polar surface area (TPSA) is 63.6 Å². The Kier molecular flexibility index (Phi) is 4.35. The maximum atomic E-state index is 12.7. The van der Waals surface area contributed by atoms with E-state index in [1.807, 2.05) is 49.4 Å². The maximum Gasteiger partial charge on any atom is 0.262 e. The van der Waals surface area contributed by atoms with Crippen molar-refractivity contribution in [3.05, 3.63) is 63.1 Å². The van der Waals surface area contributed by atoms with Crippen LogP contribution in [0.4, 0.5) is 0 Å². The van der Waals surface area contributed by atoms with Crippen LogP contribution in [0.25, 0.3) is 21.9 Å². The Balaban J connectivity index is 1.68. The van der Waals surface area contributed by atoms with Gasteiger partial charge in [0, 0.05) is 11.0 Å². The first-order valence-corrected chi connectivity index (χ1v) is 9.70. The van der Waals surface area contributed by atoms with Crippen LogP contribution in [0.3, 0.4) is 0 Å². The third-order valence-corrected chi connectivity index (χ3v) is 5.45. The number of thioether (sulfide) groups is 1. The molecule has 4 aromatic rings. The molecule has 0 bridgehead atoms. The number of aromatic amines is 1. The fourth-order valence-electron chi connectivity index (χ4n) is 2.77. The number of fused-ring (bicyclic) bond motifs is 2. The van der Waals surface area contributed by atoms with Crippen LogP contribution in [-0.2, 0) is 12.3 Å². The highest BCUT2D eigenvalue weighted by Gasteiger charge is 2.11. The van der Waals surface area contributed by atoms with Crippen molar-refractivity contribution >= 4 is 49.6 Å². The molecule has 2 heterocycles. The van der Waals surface area contributed by atoms with Gasteiger partial charge in [-0.2, -0.15) is 0 Å². The molecule has 0 unspecified atom stereocenters. The van der Waals surface area contributed by atoms with E-state index < -0.39 is 0 Å². The molecule has 0 fully saturated rings. The van der Waals surface area contributed by atoms with Gasteiger partial charge in [-0.3, -0.25) is 9.36 Å². The van der Waals surface area contributed by atoms with Crippen LogP contribution in [0.5, 0.6) is 0 Å². The van der Waals surface area contributed by atoms with Crippen molar-refractivity contribution in [3.63, 3.8) is 0 Å². The Morgan fingerprint density at radius 3 is 2.84 bits per heavy atom. The molecule has 0 amide bonds. The number of H-pyrrole nitrogens is 1. The third-order valence-electron chi connectivity index (χ3n) is 3.97. The molecular weight excluding hydrogens is 400 g/mol. The van der Waals surface area contributed by atoms with Crippen molar-refractivity contribution in [2.24, 2.45) is 0 Å². The highest BCUT2D eigenvalue weighted by atomic mass is 79.9. The molecule has 126 valence electrons. The van der Waals surface area contributed by atoms with Crippen LogP contribution in [0.2, 0.25) is 0 Å². The summed E-state index contributed by atoms with van der Waals surface area (Å²) in [7, 11) is 0. The van der Waals surface area contributed by atoms with Crippen LogP contribution < -0.4 is 5.56 Å². The van der Waals surface area contributed by atoms with E-state index in [4.69, 9.17) is 0 Å². The minimum Gasteiger partial charge on any atom is -0.341 e. The molecule has 4 rings (SSSR count). The molecule has 0 aliphatic heterocycles. The van der Waals surface area contributed by atoms with Gasteiger partial charge in [0.25, 0.3) is 5.56 Å². The monoisotopic (exact) mass is 414 g/mol. The van der Waals surface area contributed by atoms with Crippen LogP contribution in [0.15, 0.2) is 56.9 Å². The van der Waals surface area contributed by atoms with Crippen LogP contribution >= 0.6 is 27.7 Å². The molecule has 0 spiro atoms. The number of benzene rings is 2. The van der Waals surface area contributed by atoms with Gasteiger partial charge >= 0.3 is 0 Å². The van der Waals surface area contributed by atoms with Gasteiger partial charge in [-0.25, -0.2) is 9.97 Å². The Bertz CT molecular complexity index is 1140. The summed E-state index contributed by atoms with van der Waals surface area (Å²) < 4.78 is 2.73. The minimum absolute atomic E-state index is 0.00383. The van der Waals surface area contributed by atoms with E-state index in [1.54, 1.807) is 4.57 Å². The second kappa shape index (κ2) is 6.65. The lowest BCUT2D eigenvalue weighted by Crippen LogP contribution is -2.22. The van der Waals surface area contributed by atoms with Crippen LogP contribution in [-0.4, -0.2) is 19.5 Å². The number of hydrogen-bond donors (Lipinski definition) is 1. The van der Waals surface area contributed by atoms with Gasteiger partial charge in [0.05, 0.1) is 27.7 Å². The van der Waals surface area contributed by atoms with Crippen molar-refractivity contribution in [1.29, 1.82) is 0 Å². The van der Waals surface area contributed by atoms with Gasteiger partial charge in [-0.15, -0.1) is 0 Å². The standard InChI is InChI=1S/C18H15BrN4OS/c1-2-23-17(24)12-5-3-4-6-13(12)22-18(23)25-10-16-20-14-8-7-11(19)9-15(14)21-16/h3-9H,2,10H2,1H3,(H,20,21). The molecule has 0 aliphatic rings. The fourth-order valence-corrected chi connectivity index (χ4v) is 4.07. The molecule has 2 aromatic carbocycles. The van der Waals surface area contributed by atoms with Gasteiger partial charge < -0.3 is 4.98 Å². The largest absolute Gasteiger partial charge is 0.341 e. The van der Waals surface area contributed by atoms with E-state index in [0.717, 1.165) is 26.8 Å². The zero-order valence-corrected chi connectivity index (χ0v) is 15.9. The van der Waals surface area contributed by atoms with Gasteiger partial charge in [-0.1, -0.05) is 39.8 Å². The van der Waals surface area contributed by atoms with E-state index in [0.29, 0.717) is 22.8 Å². The number of para-hydroxylation sites is 1. The molecule has 5 nitrogen and oxygen atoms in total. The highest BCUT2D eigenvalue weighted by molar-refractivity contribution is 9.10. The fraction of sp³-hybridized carbons (Fsp3) is 0.167. The molecule has 2 aromatic heterocycles. The van der Waals surface area contributed by atoms with E-state index in [2.05, 4.69) is 30.9 Å². The summed E-state index contributed by atoms with van der Waals surface area (Å²) in [5, 5.41) is 1.37. The molecule has 0 aliphatic carbocycles. The quantitative estimate of drug-likeness (QED) is 0.398. The van der Waals surface area contributed by atoms with Crippen LogP contribution in [0, 0.1) is 0 Å². The Hall–Kier alpha value is -2.12. The smallest absolute Gasteiger partial charge is 0.262 e. The van der Waals surface area contributed by atoms with E-state index in [9.17, 15) is 4.79 Å². The third kappa shape index (κ3) is 3.09. The lowest BCUT2D eigenvalue weighted by molar-refractivity contribution is 0.634. The molecule has 0 saturated heterocycles. The molecule has 0 atom stereocenters. The Labute approximate surface area is 156 Å². The van der Waals surface area contributed by atoms with Crippen molar-refractivity contribution in [2.45, 2.75) is 24.4 Å². The summed E-state index contributed by atoms with van der Waals surface area (Å²) in [5.41, 5.74) is 2.65. The number of nitrogens with zero attached hydrogens (tertiary/aromatic N) is 3. The Morgan fingerprint density at radius 1 is 1.16 bits per heavy atom. The maximum absolute atomic E-state index is 12.7. The highest BCUT2D eigenvalue weighted by Crippen LogP contribution is 2.23. The molecular formula is C18H15BrN4OS. The number of nitrogens with one attached hydrogen (secondary N) is 1. The Morgan fingerprint density at radius 2 is 2.00 bits per heavy atom. The van der Waals surface area contributed by atoms with Crippen molar-refractivity contribution in [3.8, 4) is 0 Å². The summed E-state index contributed by atoms with van der Waals surface area (Å²) in [6, 6.07) is 13.4. The second-order valence-electron chi connectivity index (χ2n) is 5.59. The average molecular weight is 415 g/mol. The summed E-state index contributed by atoms with van der Waals surface area (Å²) >= 11 is 4.99. The van der Waals surface area contributed by atoms with E-state index >= 15 is 0 Å². The molecule has 25 heavy (non-hydrogen) atoms. The number of halogens is 1. The van der Waals surface area contributed by atoms with E-state index in [-0.39, 0.29) is 5.56 Å². The van der Waals surface area contributed by atoms with Crippen molar-refractivity contribution in [2.75, 3.05) is 0 Å². The zero-order valence-electron chi connectivity index (χ0n) is 13.5. The van der Waals surface area contributed by atoms with E-state index in [1.165, 1.54) is 11.8 Å². The summed E-state index contributed by atoms with van der Waals surface area (Å²) in [4.78, 5) is 25.2. The first kappa shape index (κ1) is 16.4. The predicted octanol–water partition coefficient (Wildman–Crippen LogP) is 4.35. The lowest BCUT2D eigenvalue weighted by atomic mass is 10.2. The number of hydrogen-bond acceptors (Lipinski definition) is 4. The molecule has 1 N–H and O–H groups in total. The number of rotatable bonds is 4. The van der Waals surface area contributed by atoms with Gasteiger partial charge in [0.1, 0.15) is 5.82 Å². The number of imidazole rings is 1. The lowest BCUT2D eigenvalue weighted by Gasteiger charge is -2.10. The summed E-state index contributed by atoms with van der Waals surface area (Å²) in [5.74, 6) is 1.49. The van der Waals surface area contributed by atoms with Gasteiger partial charge in [-0.05, 0) is 37.3 Å². The second-order valence-corrected chi connectivity index (χ2v) is 7.45. The molecule has 0 radical (unpaired) electrons. The van der Waals surface area contributed by atoms with Crippen molar-refractivity contribution < 1.29 is 0 Å². The average Bonchev–Trinajstić information content (AvgIpc) is 3.02. The van der Waals surface area contributed by atoms with Crippen LogP contribution in [0.1, 0.15) is 12.7 Å². The summed E-state index contributed by atoms with van der Waals surface area (Å²) in [6.45, 7) is 2.55. The first-order chi connectivity index (χ1) is 12.2. The van der Waals surface area contributed by atoms with Crippen molar-refractivity contribution in [1.82, 2.24) is 19.5 Å². The number of aromatic nitrogens is 4. The first-order valence-electron chi connectivity index (χ1n) is 7.92. The predicted molar refractivity (Wildman–Crippen MR) is 105 cm³/mol. The molecule has 7 heteroatoms. The zero-order chi connectivity index (χ0) is 17.4. The van der Waals surface area contributed by atoms with Gasteiger partial charge in [0.2, 0.25) is 0 Å². The summed E-state index contributed by atoms with van der Waals surface area (Å²) in [6.07, 6.45) is 0.